The van der Waals surface area contributed by atoms with Gasteiger partial charge in [0.1, 0.15) is 6.33 Å². The van der Waals surface area contributed by atoms with Gasteiger partial charge in [0.05, 0.1) is 0 Å². The van der Waals surface area contributed by atoms with Crippen molar-refractivity contribution in [3.63, 3.8) is 0 Å². The quantitative estimate of drug-likeness (QED) is 0.615. The molecule has 1 rings (SSSR count). The maximum absolute atomic E-state index is 5.41. The summed E-state index contributed by atoms with van der Waals surface area (Å²) in [5, 5.41) is 0. The van der Waals surface area contributed by atoms with E-state index >= 15 is 0 Å². The van der Waals surface area contributed by atoms with Gasteiger partial charge in [-0.15, -0.1) is 0 Å². The Morgan fingerprint density at radius 1 is 1.14 bits per heavy atom. The van der Waals surface area contributed by atoms with Gasteiger partial charge in [0.15, 0.2) is 0 Å². The van der Waals surface area contributed by atoms with E-state index < -0.39 is 8.80 Å². The van der Waals surface area contributed by atoms with Crippen LogP contribution in [0.1, 0.15) is 0 Å². The normalized spacial score (nSPS) is 11.6. The number of rotatable bonds is 4. The average molecular weight is 216 g/mol. The van der Waals surface area contributed by atoms with Crippen LogP contribution in [0.3, 0.4) is 0 Å². The van der Waals surface area contributed by atoms with Crippen LogP contribution in [-0.2, 0) is 13.3 Å². The number of nitrogen functional groups attached to an aromatic ring is 1. The third kappa shape index (κ3) is 1.87. The highest BCUT2D eigenvalue weighted by Crippen LogP contribution is 2.03. The second-order valence-corrected chi connectivity index (χ2v) is 5.12. The van der Waals surface area contributed by atoms with Crippen molar-refractivity contribution >= 4 is 20.2 Å². The largest absolute Gasteiger partial charge is 0.575 e. The Morgan fingerprint density at radius 3 is 2.14 bits per heavy atom. The Morgan fingerprint density at radius 2 is 1.71 bits per heavy atom. The van der Waals surface area contributed by atoms with E-state index in [9.17, 15) is 0 Å². The molecule has 0 bridgehead atoms. The average Bonchev–Trinajstić information content (AvgIpc) is 2.22. The highest BCUT2D eigenvalue weighted by atomic mass is 28.4. The standard InChI is InChI=1S/C6H12N4O3Si/c1-11-14(12-2,13-3)6-9-4-8-5(7)10-6/h4H,1-3H3,(H2,7,8,9,10). The van der Waals surface area contributed by atoms with Gasteiger partial charge in [-0.3, -0.25) is 0 Å². The Balaban J connectivity index is 3.10. The smallest absolute Gasteiger partial charge is 0.372 e. The number of nitrogens with zero attached hydrogens (tertiary/aromatic N) is 3. The second-order valence-electron chi connectivity index (χ2n) is 2.34. The zero-order valence-electron chi connectivity index (χ0n) is 8.22. The molecule has 0 aliphatic carbocycles. The molecule has 0 atom stereocenters. The van der Waals surface area contributed by atoms with Gasteiger partial charge in [-0.1, -0.05) is 0 Å². The van der Waals surface area contributed by atoms with Crippen molar-refractivity contribution in [3.05, 3.63) is 6.33 Å². The molecule has 0 saturated carbocycles. The molecular weight excluding hydrogens is 204 g/mol. The van der Waals surface area contributed by atoms with Gasteiger partial charge < -0.3 is 19.0 Å². The fourth-order valence-corrected chi connectivity index (χ4v) is 2.50. The van der Waals surface area contributed by atoms with E-state index in [-0.39, 0.29) is 5.95 Å². The fourth-order valence-electron chi connectivity index (χ4n) is 0.980. The minimum absolute atomic E-state index is 0.109. The molecule has 0 aliphatic rings. The van der Waals surface area contributed by atoms with Crippen molar-refractivity contribution in [2.24, 2.45) is 0 Å². The van der Waals surface area contributed by atoms with E-state index in [0.29, 0.717) is 5.45 Å². The van der Waals surface area contributed by atoms with Crippen molar-refractivity contribution < 1.29 is 13.3 Å². The third-order valence-corrected chi connectivity index (χ3v) is 4.07. The molecule has 2 N–H and O–H groups in total. The molecular formula is C6H12N4O3Si. The Labute approximate surface area is 82.6 Å². The van der Waals surface area contributed by atoms with E-state index in [1.54, 1.807) is 0 Å². The first-order chi connectivity index (χ1) is 6.68. The molecule has 0 radical (unpaired) electrons. The summed E-state index contributed by atoms with van der Waals surface area (Å²) in [6.45, 7) is 0. The molecule has 0 aliphatic heterocycles. The van der Waals surface area contributed by atoms with E-state index in [4.69, 9.17) is 19.0 Å². The predicted molar refractivity (Wildman–Crippen MR) is 50.7 cm³/mol. The van der Waals surface area contributed by atoms with Gasteiger partial charge in [-0.25, -0.2) is 9.97 Å². The highest BCUT2D eigenvalue weighted by Gasteiger charge is 2.44. The third-order valence-electron chi connectivity index (χ3n) is 1.67. The van der Waals surface area contributed by atoms with Crippen LogP contribution < -0.4 is 11.2 Å². The van der Waals surface area contributed by atoms with Gasteiger partial charge in [-0.2, -0.15) is 4.98 Å². The van der Waals surface area contributed by atoms with Crippen LogP contribution in [0, 0.1) is 0 Å². The summed E-state index contributed by atoms with van der Waals surface area (Å²) in [5.74, 6) is 0.109. The summed E-state index contributed by atoms with van der Waals surface area (Å²) in [6, 6.07) is 0. The summed E-state index contributed by atoms with van der Waals surface area (Å²) < 4.78 is 15.5. The lowest BCUT2D eigenvalue weighted by atomic mass is 11.0. The molecule has 0 unspecified atom stereocenters. The van der Waals surface area contributed by atoms with Crippen molar-refractivity contribution in [3.8, 4) is 0 Å². The molecule has 1 aromatic rings. The number of anilines is 1. The van der Waals surface area contributed by atoms with E-state index in [1.807, 2.05) is 0 Å². The minimum Gasteiger partial charge on any atom is -0.372 e. The van der Waals surface area contributed by atoms with Gasteiger partial charge in [0.2, 0.25) is 11.4 Å². The van der Waals surface area contributed by atoms with E-state index in [1.165, 1.54) is 27.7 Å². The number of hydrogen-bond acceptors (Lipinski definition) is 7. The molecule has 78 valence electrons. The highest BCUT2D eigenvalue weighted by molar-refractivity contribution is 6.73. The predicted octanol–water partition coefficient (Wildman–Crippen LogP) is -1.46. The maximum Gasteiger partial charge on any atom is 0.575 e. The van der Waals surface area contributed by atoms with Gasteiger partial charge in [0, 0.05) is 21.3 Å². The number of hydrogen-bond donors (Lipinski definition) is 1. The van der Waals surface area contributed by atoms with Crippen LogP contribution in [0.25, 0.3) is 0 Å². The van der Waals surface area contributed by atoms with Gasteiger partial charge in [-0.05, 0) is 0 Å². The first-order valence-electron chi connectivity index (χ1n) is 3.79. The van der Waals surface area contributed by atoms with Crippen molar-refractivity contribution in [1.29, 1.82) is 0 Å². The zero-order chi connectivity index (χ0) is 10.6. The summed E-state index contributed by atoms with van der Waals surface area (Å²) in [5.41, 5.74) is 5.72. The molecule has 0 saturated heterocycles. The van der Waals surface area contributed by atoms with Crippen LogP contribution in [0.4, 0.5) is 5.95 Å². The second kappa shape index (κ2) is 4.42. The summed E-state index contributed by atoms with van der Waals surface area (Å²) in [6.07, 6.45) is 1.29. The van der Waals surface area contributed by atoms with Crippen LogP contribution in [0.5, 0.6) is 0 Å². The Kier molecular flexibility index (Phi) is 3.47. The summed E-state index contributed by atoms with van der Waals surface area (Å²) in [7, 11) is 1.45. The number of aromatic nitrogens is 3. The van der Waals surface area contributed by atoms with Crippen LogP contribution in [-0.4, -0.2) is 45.1 Å². The summed E-state index contributed by atoms with van der Waals surface area (Å²) in [4.78, 5) is 11.5. The maximum atomic E-state index is 5.41. The molecule has 7 nitrogen and oxygen atoms in total. The topological polar surface area (TPSA) is 92.4 Å². The molecule has 8 heteroatoms. The van der Waals surface area contributed by atoms with Crippen molar-refractivity contribution in [2.45, 2.75) is 0 Å². The molecule has 0 spiro atoms. The molecule has 0 amide bonds. The van der Waals surface area contributed by atoms with E-state index in [0.717, 1.165) is 0 Å². The summed E-state index contributed by atoms with van der Waals surface area (Å²) >= 11 is 0. The van der Waals surface area contributed by atoms with Gasteiger partial charge in [0.25, 0.3) is 0 Å². The lowest BCUT2D eigenvalue weighted by molar-refractivity contribution is 0.138. The Bertz CT molecular complexity index is 299. The first kappa shape index (κ1) is 11.0. The van der Waals surface area contributed by atoms with Crippen molar-refractivity contribution in [1.82, 2.24) is 15.0 Å². The lowest BCUT2D eigenvalue weighted by Crippen LogP contribution is -2.57. The zero-order valence-corrected chi connectivity index (χ0v) is 9.22. The van der Waals surface area contributed by atoms with Crippen LogP contribution in [0.15, 0.2) is 6.33 Å². The van der Waals surface area contributed by atoms with Gasteiger partial charge >= 0.3 is 8.80 Å². The Hall–Kier alpha value is -1.09. The van der Waals surface area contributed by atoms with Crippen molar-refractivity contribution in [2.75, 3.05) is 27.1 Å². The monoisotopic (exact) mass is 216 g/mol. The molecule has 1 heterocycles. The fraction of sp³-hybridized carbons (Fsp3) is 0.500. The van der Waals surface area contributed by atoms with Crippen LogP contribution in [0.2, 0.25) is 0 Å². The molecule has 0 aromatic carbocycles. The minimum atomic E-state index is -2.97. The van der Waals surface area contributed by atoms with Crippen LogP contribution >= 0.6 is 0 Å². The number of nitrogens with two attached hydrogens (primary N) is 1. The van der Waals surface area contributed by atoms with E-state index in [2.05, 4.69) is 15.0 Å². The molecule has 14 heavy (non-hydrogen) atoms. The lowest BCUT2D eigenvalue weighted by Gasteiger charge is -2.21. The SMILES string of the molecule is CO[Si](OC)(OC)c1ncnc(N)n1. The first-order valence-corrected chi connectivity index (χ1v) is 5.51. The molecule has 0 fully saturated rings. The molecule has 1 aromatic heterocycles.